The third-order valence-electron chi connectivity index (χ3n) is 2.64. The van der Waals surface area contributed by atoms with E-state index in [1.165, 1.54) is 5.69 Å². The van der Waals surface area contributed by atoms with Crippen molar-refractivity contribution in [1.29, 1.82) is 0 Å². The lowest BCUT2D eigenvalue weighted by atomic mass is 9.97. The van der Waals surface area contributed by atoms with E-state index in [0.717, 1.165) is 30.5 Å². The summed E-state index contributed by atoms with van der Waals surface area (Å²) in [6.07, 6.45) is 4.74. The van der Waals surface area contributed by atoms with Crippen molar-refractivity contribution in [1.82, 2.24) is 4.57 Å². The topological polar surface area (TPSA) is 22.0 Å². The molecule has 0 saturated carbocycles. The van der Waals surface area contributed by atoms with Crippen LogP contribution >= 0.6 is 0 Å². The van der Waals surface area contributed by atoms with Gasteiger partial charge in [-0.15, -0.1) is 0 Å². The summed E-state index contributed by atoms with van der Waals surface area (Å²) in [5.74, 6) is 0.298. The first-order chi connectivity index (χ1) is 6.68. The molecule has 1 heterocycles. The van der Waals surface area contributed by atoms with Crippen molar-refractivity contribution >= 4 is 5.78 Å². The van der Waals surface area contributed by atoms with Gasteiger partial charge in [0.2, 0.25) is 0 Å². The number of allylic oxidation sites excluding steroid dienone is 1. The lowest BCUT2D eigenvalue weighted by molar-refractivity contribution is 0.0972. The maximum Gasteiger partial charge on any atom is 0.164 e. The zero-order valence-corrected chi connectivity index (χ0v) is 8.55. The first-order valence-electron chi connectivity index (χ1n) is 5.04. The van der Waals surface area contributed by atoms with Crippen molar-refractivity contribution in [2.45, 2.75) is 32.7 Å². The van der Waals surface area contributed by atoms with Crippen molar-refractivity contribution < 1.29 is 4.79 Å². The monoisotopic (exact) mass is 189 g/mol. The van der Waals surface area contributed by atoms with Gasteiger partial charge in [-0.3, -0.25) is 4.79 Å². The Morgan fingerprint density at radius 3 is 3.07 bits per heavy atom. The number of carbonyl (C=O) groups excluding carboxylic acids is 1. The summed E-state index contributed by atoms with van der Waals surface area (Å²) in [5.41, 5.74) is 3.25. The number of rotatable bonds is 2. The van der Waals surface area contributed by atoms with Gasteiger partial charge >= 0.3 is 0 Å². The molecular weight excluding hydrogens is 174 g/mol. The quantitative estimate of drug-likeness (QED) is 0.655. The van der Waals surface area contributed by atoms with E-state index in [4.69, 9.17) is 0 Å². The molecule has 0 saturated heterocycles. The average molecular weight is 189 g/mol. The van der Waals surface area contributed by atoms with Crippen LogP contribution < -0.4 is 0 Å². The minimum absolute atomic E-state index is 0.298. The second kappa shape index (κ2) is 3.45. The van der Waals surface area contributed by atoms with Crippen LogP contribution in [0.15, 0.2) is 24.4 Å². The van der Waals surface area contributed by atoms with Crippen molar-refractivity contribution in [3.8, 4) is 0 Å². The summed E-state index contributed by atoms with van der Waals surface area (Å²) >= 11 is 0. The maximum absolute atomic E-state index is 11.5. The summed E-state index contributed by atoms with van der Waals surface area (Å²) in [6, 6.07) is 1.94. The summed E-state index contributed by atoms with van der Waals surface area (Å²) < 4.78 is 2.15. The molecule has 0 N–H and O–H groups in total. The van der Waals surface area contributed by atoms with Crippen LogP contribution in [0.3, 0.4) is 0 Å². The van der Waals surface area contributed by atoms with Crippen LogP contribution in [0.2, 0.25) is 0 Å². The largest absolute Gasteiger partial charge is 0.347 e. The molecule has 74 valence electrons. The van der Waals surface area contributed by atoms with E-state index in [9.17, 15) is 4.79 Å². The van der Waals surface area contributed by atoms with Crippen LogP contribution in [0.5, 0.6) is 0 Å². The highest BCUT2D eigenvalue weighted by Crippen LogP contribution is 2.22. The molecule has 2 rings (SSSR count). The highest BCUT2D eigenvalue weighted by atomic mass is 16.1. The lowest BCUT2D eigenvalue weighted by Crippen LogP contribution is -2.13. The van der Waals surface area contributed by atoms with Gasteiger partial charge in [0.05, 0.1) is 0 Å². The smallest absolute Gasteiger partial charge is 0.164 e. The fraction of sp³-hybridized carbons (Fsp3) is 0.417. The Labute approximate surface area is 84.2 Å². The van der Waals surface area contributed by atoms with Crippen LogP contribution in [0, 0.1) is 0 Å². The van der Waals surface area contributed by atoms with Crippen molar-refractivity contribution in [3.63, 3.8) is 0 Å². The zero-order valence-electron chi connectivity index (χ0n) is 8.55. The van der Waals surface area contributed by atoms with Gasteiger partial charge in [0.1, 0.15) is 0 Å². The van der Waals surface area contributed by atoms with Crippen LogP contribution in [0.4, 0.5) is 0 Å². The van der Waals surface area contributed by atoms with Gasteiger partial charge in [-0.05, 0) is 25.8 Å². The van der Waals surface area contributed by atoms with E-state index in [1.54, 1.807) is 0 Å². The molecule has 0 fully saturated rings. The number of carbonyl (C=O) groups is 1. The van der Waals surface area contributed by atoms with Gasteiger partial charge in [0.25, 0.3) is 0 Å². The molecule has 0 unspecified atom stereocenters. The Balaban J connectivity index is 2.35. The summed E-state index contributed by atoms with van der Waals surface area (Å²) in [6.45, 7) is 6.74. The number of nitrogens with zero attached hydrogens (tertiary/aromatic N) is 1. The first-order valence-corrected chi connectivity index (χ1v) is 5.04. The highest BCUT2D eigenvalue weighted by Gasteiger charge is 2.19. The number of hydrogen-bond acceptors (Lipinski definition) is 1. The Morgan fingerprint density at radius 2 is 2.36 bits per heavy atom. The zero-order chi connectivity index (χ0) is 10.1. The molecule has 1 aromatic rings. The van der Waals surface area contributed by atoms with Gasteiger partial charge in [0.15, 0.2) is 5.78 Å². The predicted molar refractivity (Wildman–Crippen MR) is 56.5 cm³/mol. The third kappa shape index (κ3) is 1.52. The third-order valence-corrected chi connectivity index (χ3v) is 2.64. The SMILES string of the molecule is C=C(C)Cn1ccc2c1CCCC2=O. The molecule has 0 radical (unpaired) electrons. The van der Waals surface area contributed by atoms with Crippen LogP contribution in [-0.4, -0.2) is 10.4 Å². The molecule has 1 aliphatic rings. The molecule has 0 aliphatic heterocycles. The van der Waals surface area contributed by atoms with E-state index in [1.807, 2.05) is 19.2 Å². The van der Waals surface area contributed by atoms with Crippen molar-refractivity contribution in [2.24, 2.45) is 0 Å². The Bertz CT molecular complexity index is 387. The molecule has 0 atom stereocenters. The van der Waals surface area contributed by atoms with Gasteiger partial charge in [0, 0.05) is 30.4 Å². The molecule has 1 aromatic heterocycles. The van der Waals surface area contributed by atoms with E-state index >= 15 is 0 Å². The standard InChI is InChI=1S/C12H15NO/c1-9(2)8-13-7-6-10-11(13)4-3-5-12(10)14/h6-7H,1,3-5,8H2,2H3. The summed E-state index contributed by atoms with van der Waals surface area (Å²) in [7, 11) is 0. The number of Topliss-reactive ketones (excluding diaryl/α,β-unsaturated/α-hetero) is 1. The molecular formula is C12H15NO. The maximum atomic E-state index is 11.5. The Morgan fingerprint density at radius 1 is 1.57 bits per heavy atom. The van der Waals surface area contributed by atoms with Crippen LogP contribution in [-0.2, 0) is 13.0 Å². The van der Waals surface area contributed by atoms with Gasteiger partial charge in [-0.1, -0.05) is 12.2 Å². The lowest BCUT2D eigenvalue weighted by Gasteiger charge is -2.14. The van der Waals surface area contributed by atoms with Crippen LogP contribution in [0.1, 0.15) is 35.8 Å². The molecule has 0 spiro atoms. The minimum Gasteiger partial charge on any atom is -0.347 e. The molecule has 0 aromatic carbocycles. The predicted octanol–water partition coefficient (Wildman–Crippen LogP) is 2.58. The van der Waals surface area contributed by atoms with E-state index in [2.05, 4.69) is 11.1 Å². The van der Waals surface area contributed by atoms with Gasteiger partial charge in [-0.25, -0.2) is 0 Å². The molecule has 0 amide bonds. The average Bonchev–Trinajstić information content (AvgIpc) is 2.49. The number of aromatic nitrogens is 1. The highest BCUT2D eigenvalue weighted by molar-refractivity contribution is 5.98. The normalized spacial score (nSPS) is 15.4. The molecule has 1 aliphatic carbocycles. The summed E-state index contributed by atoms with van der Waals surface area (Å²) in [4.78, 5) is 11.5. The van der Waals surface area contributed by atoms with Crippen molar-refractivity contribution in [3.05, 3.63) is 35.7 Å². The molecule has 2 heteroatoms. The van der Waals surface area contributed by atoms with Gasteiger partial charge in [-0.2, -0.15) is 0 Å². The molecule has 0 bridgehead atoms. The Kier molecular flexibility index (Phi) is 2.28. The minimum atomic E-state index is 0.298. The van der Waals surface area contributed by atoms with E-state index in [0.29, 0.717) is 12.2 Å². The number of ketones is 1. The number of hydrogen-bond donors (Lipinski definition) is 0. The fourth-order valence-electron chi connectivity index (χ4n) is 2.03. The van der Waals surface area contributed by atoms with E-state index < -0.39 is 0 Å². The van der Waals surface area contributed by atoms with E-state index in [-0.39, 0.29) is 0 Å². The molecule has 2 nitrogen and oxygen atoms in total. The fourth-order valence-corrected chi connectivity index (χ4v) is 2.03. The second-order valence-electron chi connectivity index (χ2n) is 4.04. The summed E-state index contributed by atoms with van der Waals surface area (Å²) in [5, 5.41) is 0. The Hall–Kier alpha value is -1.31. The van der Waals surface area contributed by atoms with Gasteiger partial charge < -0.3 is 4.57 Å². The molecule has 14 heavy (non-hydrogen) atoms. The first kappa shape index (κ1) is 9.25. The second-order valence-corrected chi connectivity index (χ2v) is 4.04. The number of fused-ring (bicyclic) bond motifs is 1. The van der Waals surface area contributed by atoms with Crippen molar-refractivity contribution in [2.75, 3.05) is 0 Å². The van der Waals surface area contributed by atoms with Crippen LogP contribution in [0.25, 0.3) is 0 Å².